The average Bonchev–Trinajstić information content (AvgIpc) is 2.40. The lowest BCUT2D eigenvalue weighted by Crippen LogP contribution is -2.22. The summed E-state index contributed by atoms with van der Waals surface area (Å²) in [5.74, 6) is 0.417. The summed E-state index contributed by atoms with van der Waals surface area (Å²) < 4.78 is 0. The molecule has 2 rings (SSSR count). The highest BCUT2D eigenvalue weighted by molar-refractivity contribution is 5.95. The van der Waals surface area contributed by atoms with E-state index in [1.807, 2.05) is 19.1 Å². The SMILES string of the molecule is CCNC(=O)c1cccc(Nc2ncccn2)c1. The van der Waals surface area contributed by atoms with E-state index in [0.29, 0.717) is 18.1 Å². The quantitative estimate of drug-likeness (QED) is 0.860. The molecule has 0 aliphatic carbocycles. The summed E-state index contributed by atoms with van der Waals surface area (Å²) in [6, 6.07) is 8.95. The Bertz CT molecular complexity index is 528. The van der Waals surface area contributed by atoms with Gasteiger partial charge in [-0.2, -0.15) is 0 Å². The minimum atomic E-state index is -0.0878. The molecule has 2 N–H and O–H groups in total. The molecule has 1 amide bonds. The molecule has 0 aliphatic heterocycles. The van der Waals surface area contributed by atoms with Crippen LogP contribution < -0.4 is 10.6 Å². The van der Waals surface area contributed by atoms with Gasteiger partial charge < -0.3 is 10.6 Å². The second-order valence-electron chi connectivity index (χ2n) is 3.64. The standard InChI is InChI=1S/C13H14N4O/c1-2-14-12(18)10-5-3-6-11(9-10)17-13-15-7-4-8-16-13/h3-9H,2H2,1H3,(H,14,18)(H,15,16,17). The third-order valence-corrected chi connectivity index (χ3v) is 2.28. The number of anilines is 2. The van der Waals surface area contributed by atoms with E-state index in [4.69, 9.17) is 0 Å². The highest BCUT2D eigenvalue weighted by atomic mass is 16.1. The Hall–Kier alpha value is -2.43. The van der Waals surface area contributed by atoms with Crippen molar-refractivity contribution in [1.29, 1.82) is 0 Å². The van der Waals surface area contributed by atoms with Gasteiger partial charge in [0.05, 0.1) is 0 Å². The molecule has 0 saturated heterocycles. The zero-order valence-electron chi connectivity index (χ0n) is 10.1. The maximum Gasteiger partial charge on any atom is 0.251 e. The number of hydrogen-bond donors (Lipinski definition) is 2. The van der Waals surface area contributed by atoms with Crippen LogP contribution in [0.25, 0.3) is 0 Å². The first kappa shape index (κ1) is 12.0. The summed E-state index contributed by atoms with van der Waals surface area (Å²) in [5.41, 5.74) is 1.39. The molecule has 0 unspecified atom stereocenters. The van der Waals surface area contributed by atoms with E-state index in [0.717, 1.165) is 5.69 Å². The van der Waals surface area contributed by atoms with Crippen molar-refractivity contribution in [2.24, 2.45) is 0 Å². The van der Waals surface area contributed by atoms with Crippen LogP contribution in [-0.4, -0.2) is 22.4 Å². The Labute approximate surface area is 105 Å². The number of benzene rings is 1. The van der Waals surface area contributed by atoms with Gasteiger partial charge >= 0.3 is 0 Å². The third-order valence-electron chi connectivity index (χ3n) is 2.28. The number of aromatic nitrogens is 2. The summed E-state index contributed by atoms with van der Waals surface area (Å²) in [7, 11) is 0. The van der Waals surface area contributed by atoms with Crippen LogP contribution in [0.15, 0.2) is 42.7 Å². The van der Waals surface area contributed by atoms with Gasteiger partial charge in [0.25, 0.3) is 5.91 Å². The second-order valence-corrected chi connectivity index (χ2v) is 3.64. The summed E-state index contributed by atoms with van der Waals surface area (Å²) >= 11 is 0. The van der Waals surface area contributed by atoms with Gasteiger partial charge in [0.15, 0.2) is 0 Å². The van der Waals surface area contributed by atoms with E-state index in [2.05, 4.69) is 20.6 Å². The average molecular weight is 242 g/mol. The smallest absolute Gasteiger partial charge is 0.251 e. The van der Waals surface area contributed by atoms with Crippen LogP contribution >= 0.6 is 0 Å². The lowest BCUT2D eigenvalue weighted by Gasteiger charge is -2.06. The molecule has 1 heterocycles. The van der Waals surface area contributed by atoms with E-state index >= 15 is 0 Å². The molecule has 1 aromatic heterocycles. The minimum Gasteiger partial charge on any atom is -0.352 e. The number of carbonyl (C=O) groups is 1. The van der Waals surface area contributed by atoms with Crippen molar-refractivity contribution in [3.05, 3.63) is 48.3 Å². The predicted molar refractivity (Wildman–Crippen MR) is 69.8 cm³/mol. The molecule has 1 aromatic carbocycles. The Morgan fingerprint density at radius 1 is 1.22 bits per heavy atom. The van der Waals surface area contributed by atoms with Crippen molar-refractivity contribution in [1.82, 2.24) is 15.3 Å². The van der Waals surface area contributed by atoms with Gasteiger partial charge in [-0.1, -0.05) is 6.07 Å². The topological polar surface area (TPSA) is 66.9 Å². The fourth-order valence-corrected chi connectivity index (χ4v) is 1.49. The number of amides is 1. The molecule has 2 aromatic rings. The second kappa shape index (κ2) is 5.77. The first-order valence-electron chi connectivity index (χ1n) is 5.72. The molecule has 0 saturated carbocycles. The summed E-state index contributed by atoms with van der Waals surface area (Å²) in [4.78, 5) is 19.8. The van der Waals surface area contributed by atoms with Crippen molar-refractivity contribution >= 4 is 17.5 Å². The van der Waals surface area contributed by atoms with E-state index in [1.54, 1.807) is 30.6 Å². The Morgan fingerprint density at radius 3 is 2.72 bits per heavy atom. The molecule has 0 atom stereocenters. The summed E-state index contributed by atoms with van der Waals surface area (Å²) in [6.07, 6.45) is 3.31. The summed E-state index contributed by atoms with van der Waals surface area (Å²) in [5, 5.41) is 5.79. The lowest BCUT2D eigenvalue weighted by molar-refractivity contribution is 0.0956. The van der Waals surface area contributed by atoms with Crippen molar-refractivity contribution in [3.8, 4) is 0 Å². The van der Waals surface area contributed by atoms with Crippen molar-refractivity contribution < 1.29 is 4.79 Å². The minimum absolute atomic E-state index is 0.0878. The molecular weight excluding hydrogens is 228 g/mol. The fourth-order valence-electron chi connectivity index (χ4n) is 1.49. The Kier molecular flexibility index (Phi) is 3.86. The first-order chi connectivity index (χ1) is 8.79. The lowest BCUT2D eigenvalue weighted by atomic mass is 10.2. The van der Waals surface area contributed by atoms with E-state index in [9.17, 15) is 4.79 Å². The van der Waals surface area contributed by atoms with Crippen LogP contribution in [0.5, 0.6) is 0 Å². The van der Waals surface area contributed by atoms with E-state index in [1.165, 1.54) is 0 Å². The van der Waals surface area contributed by atoms with Gasteiger partial charge in [-0.15, -0.1) is 0 Å². The molecule has 0 bridgehead atoms. The van der Waals surface area contributed by atoms with Gasteiger partial charge in [0.2, 0.25) is 5.95 Å². The monoisotopic (exact) mass is 242 g/mol. The summed E-state index contributed by atoms with van der Waals surface area (Å²) in [6.45, 7) is 2.50. The molecule has 0 spiro atoms. The maximum absolute atomic E-state index is 11.7. The third kappa shape index (κ3) is 3.04. The van der Waals surface area contributed by atoms with Gasteiger partial charge in [0.1, 0.15) is 0 Å². The van der Waals surface area contributed by atoms with E-state index in [-0.39, 0.29) is 5.91 Å². The predicted octanol–water partition coefficient (Wildman–Crippen LogP) is 1.97. The van der Waals surface area contributed by atoms with Gasteiger partial charge in [-0.3, -0.25) is 4.79 Å². The van der Waals surface area contributed by atoms with Crippen LogP contribution in [0.2, 0.25) is 0 Å². The molecule has 5 heteroatoms. The van der Waals surface area contributed by atoms with Gasteiger partial charge in [-0.05, 0) is 31.2 Å². The number of carbonyl (C=O) groups excluding carboxylic acids is 1. The van der Waals surface area contributed by atoms with Gasteiger partial charge in [-0.25, -0.2) is 9.97 Å². The molecule has 0 radical (unpaired) electrons. The Morgan fingerprint density at radius 2 is 2.00 bits per heavy atom. The molecule has 92 valence electrons. The van der Waals surface area contributed by atoms with Crippen LogP contribution in [0, 0.1) is 0 Å². The van der Waals surface area contributed by atoms with Crippen LogP contribution in [0.1, 0.15) is 17.3 Å². The van der Waals surface area contributed by atoms with Crippen molar-refractivity contribution in [2.75, 3.05) is 11.9 Å². The molecule has 0 fully saturated rings. The van der Waals surface area contributed by atoms with E-state index < -0.39 is 0 Å². The van der Waals surface area contributed by atoms with Crippen molar-refractivity contribution in [3.63, 3.8) is 0 Å². The van der Waals surface area contributed by atoms with Crippen molar-refractivity contribution in [2.45, 2.75) is 6.92 Å². The van der Waals surface area contributed by atoms with Crippen LogP contribution in [-0.2, 0) is 0 Å². The highest BCUT2D eigenvalue weighted by Gasteiger charge is 2.05. The largest absolute Gasteiger partial charge is 0.352 e. The molecule has 5 nitrogen and oxygen atoms in total. The maximum atomic E-state index is 11.7. The normalized spacial score (nSPS) is 9.83. The fraction of sp³-hybridized carbons (Fsp3) is 0.154. The number of rotatable bonds is 4. The zero-order chi connectivity index (χ0) is 12.8. The molecular formula is C13H14N4O. The Balaban J connectivity index is 2.15. The number of nitrogens with zero attached hydrogens (tertiary/aromatic N) is 2. The molecule has 0 aliphatic rings. The van der Waals surface area contributed by atoms with Crippen LogP contribution in [0.3, 0.4) is 0 Å². The van der Waals surface area contributed by atoms with Gasteiger partial charge in [0, 0.05) is 30.2 Å². The van der Waals surface area contributed by atoms with Crippen LogP contribution in [0.4, 0.5) is 11.6 Å². The zero-order valence-corrected chi connectivity index (χ0v) is 10.1. The molecule has 18 heavy (non-hydrogen) atoms. The highest BCUT2D eigenvalue weighted by Crippen LogP contribution is 2.14. The first-order valence-corrected chi connectivity index (χ1v) is 5.72. The number of hydrogen-bond acceptors (Lipinski definition) is 4. The number of nitrogens with one attached hydrogen (secondary N) is 2.